The van der Waals surface area contributed by atoms with Crippen LogP contribution in [-0.4, -0.2) is 86.5 Å². The molecule has 192 valence electrons. The molecule has 0 aromatic rings. The predicted octanol–water partition coefficient (Wildman–Crippen LogP) is -1.85. The first-order chi connectivity index (χ1) is 13.5. The molecular weight excluding hydrogens is 451 g/mol. The summed E-state index contributed by atoms with van der Waals surface area (Å²) < 4.78 is 2.01. The molecule has 0 aliphatic heterocycles. The molecule has 0 fully saturated rings. The third kappa shape index (κ3) is 26.7. The molecule has 0 aromatic carbocycles. The summed E-state index contributed by atoms with van der Waals surface area (Å²) in [7, 11) is 5.25. The Kier molecular flexibility index (Phi) is 23.3. The molecule has 5 nitrogen and oxygen atoms in total. The van der Waals surface area contributed by atoms with Crippen molar-refractivity contribution in [3.63, 3.8) is 0 Å². The van der Waals surface area contributed by atoms with Crippen molar-refractivity contribution in [1.29, 1.82) is 0 Å². The van der Waals surface area contributed by atoms with Crippen molar-refractivity contribution in [3.8, 4) is 0 Å². The van der Waals surface area contributed by atoms with Gasteiger partial charge in [-0.2, -0.15) is 0 Å². The lowest BCUT2D eigenvalue weighted by Gasteiger charge is -2.32. The van der Waals surface area contributed by atoms with Gasteiger partial charge in [0.15, 0.2) is 0 Å². The zero-order valence-corrected chi connectivity index (χ0v) is 23.7. The Morgan fingerprint density at radius 1 is 0.484 bits per heavy atom. The van der Waals surface area contributed by atoms with Crippen molar-refractivity contribution in [2.24, 2.45) is 0 Å². The Morgan fingerprint density at radius 3 is 1.13 bits per heavy atom. The first-order valence-corrected chi connectivity index (χ1v) is 14.3. The highest BCUT2D eigenvalue weighted by atomic mass is 35.5. The second-order valence-corrected chi connectivity index (χ2v) is 12.6. The maximum Gasteiger partial charge on any atom is 0.492 e. The van der Waals surface area contributed by atoms with Crippen LogP contribution in [0.15, 0.2) is 0 Å². The van der Waals surface area contributed by atoms with E-state index in [1.54, 1.807) is 0 Å². The zero-order valence-electron chi connectivity index (χ0n) is 21.2. The van der Waals surface area contributed by atoms with Crippen LogP contribution in [0.1, 0.15) is 90.4 Å². The van der Waals surface area contributed by atoms with Crippen LogP contribution in [-0.2, 0) is 0 Å². The van der Waals surface area contributed by atoms with Crippen molar-refractivity contribution in [2.75, 3.05) is 54.4 Å². The van der Waals surface area contributed by atoms with Gasteiger partial charge in [-0.3, -0.25) is 0 Å². The molecule has 0 rings (SSSR count). The van der Waals surface area contributed by atoms with E-state index in [-0.39, 0.29) is 30.9 Å². The van der Waals surface area contributed by atoms with E-state index in [0.717, 1.165) is 22.1 Å². The molecule has 0 aromatic heterocycles. The van der Waals surface area contributed by atoms with Crippen molar-refractivity contribution < 1.29 is 48.2 Å². The van der Waals surface area contributed by atoms with Crippen LogP contribution in [0.3, 0.4) is 0 Å². The first kappa shape index (κ1) is 36.2. The molecule has 0 heterocycles. The minimum atomic E-state index is -3.86. The predicted molar refractivity (Wildman–Crippen MR) is 127 cm³/mol. The van der Waals surface area contributed by atoms with E-state index in [1.807, 2.05) is 0 Å². The third-order valence-electron chi connectivity index (χ3n) is 6.17. The minimum absolute atomic E-state index is 0. The highest BCUT2D eigenvalue weighted by Crippen LogP contribution is 2.13. The van der Waals surface area contributed by atoms with Crippen LogP contribution in [0.25, 0.3) is 0 Å². The molecule has 0 aliphatic rings. The van der Waals surface area contributed by atoms with Gasteiger partial charge < -0.3 is 48.2 Å². The summed E-state index contributed by atoms with van der Waals surface area (Å²) in [6.45, 7) is 6.78. The van der Waals surface area contributed by atoms with Gasteiger partial charge in [-0.1, -0.05) is 58.3 Å². The smallest absolute Gasteiger partial charge is 0.492 e. The Hall–Kier alpha value is 0.597. The molecule has 0 amide bonds. The number of hydrogen-bond donors (Lipinski definition) is 3. The topological polar surface area (TPSA) is 60.7 Å². The number of hydrogen-bond acceptors (Lipinski definition) is 3. The highest BCUT2D eigenvalue weighted by Gasteiger charge is 2.27. The van der Waals surface area contributed by atoms with Crippen molar-refractivity contribution in [1.82, 2.24) is 0 Å². The normalized spacial score (nSPS) is 12.4. The lowest BCUT2D eigenvalue weighted by atomic mass is 10.1. The summed E-state index contributed by atoms with van der Waals surface area (Å²) in [5.74, 6) is 0. The summed E-state index contributed by atoms with van der Waals surface area (Å²) in [5.41, 5.74) is 0. The van der Waals surface area contributed by atoms with Crippen LogP contribution < -0.4 is 24.8 Å². The summed E-state index contributed by atoms with van der Waals surface area (Å²) >= 11 is 0. The van der Waals surface area contributed by atoms with Gasteiger partial charge in [-0.05, 0) is 12.8 Å². The maximum atomic E-state index is 9.13. The van der Waals surface area contributed by atoms with Gasteiger partial charge >= 0.3 is 8.80 Å². The van der Waals surface area contributed by atoms with Gasteiger partial charge in [0.1, 0.15) is 0 Å². The molecule has 0 aliphatic carbocycles. The first-order valence-electron chi connectivity index (χ1n) is 12.3. The van der Waals surface area contributed by atoms with E-state index in [1.165, 1.54) is 90.1 Å². The second kappa shape index (κ2) is 20.0. The SMILES string of the molecule is CCCCCCCCCCCC[N+](C)(C)CCCC[N+](C)(C)CCC[Si](O)(O)O.[Cl-].[Cl-]. The fourth-order valence-corrected chi connectivity index (χ4v) is 4.71. The monoisotopic (exact) mass is 504 g/mol. The molecule has 0 saturated carbocycles. The van der Waals surface area contributed by atoms with Gasteiger partial charge in [0, 0.05) is 25.3 Å². The van der Waals surface area contributed by atoms with Crippen molar-refractivity contribution in [2.45, 2.75) is 96.4 Å². The quantitative estimate of drug-likeness (QED) is 0.104. The summed E-state index contributed by atoms with van der Waals surface area (Å²) in [6.07, 6.45) is 17.1. The van der Waals surface area contributed by atoms with Gasteiger partial charge in [-0.15, -0.1) is 0 Å². The molecule has 3 N–H and O–H groups in total. The molecule has 0 atom stereocenters. The van der Waals surface area contributed by atoms with Crippen LogP contribution in [0.4, 0.5) is 0 Å². The second-order valence-electron chi connectivity index (χ2n) is 10.5. The van der Waals surface area contributed by atoms with Gasteiger partial charge in [0.05, 0.1) is 54.4 Å². The molecule has 0 bridgehead atoms. The van der Waals surface area contributed by atoms with Crippen LogP contribution in [0, 0.1) is 0 Å². The summed E-state index contributed by atoms with van der Waals surface area (Å²) in [5, 5.41) is 0. The molecule has 8 heteroatoms. The van der Waals surface area contributed by atoms with Crippen LogP contribution in [0.2, 0.25) is 6.04 Å². The molecular formula is C23H54Cl2N2O3Si. The average molecular weight is 506 g/mol. The molecule has 0 radical (unpaired) electrons. The summed E-state index contributed by atoms with van der Waals surface area (Å²) in [4.78, 5) is 27.4. The van der Waals surface area contributed by atoms with Crippen molar-refractivity contribution >= 4 is 8.80 Å². The lowest BCUT2D eigenvalue weighted by Crippen LogP contribution is -3.00. The van der Waals surface area contributed by atoms with Gasteiger partial charge in [0.25, 0.3) is 0 Å². The number of rotatable bonds is 20. The van der Waals surface area contributed by atoms with E-state index in [4.69, 9.17) is 14.4 Å². The molecule has 0 saturated heterocycles. The van der Waals surface area contributed by atoms with E-state index in [0.29, 0.717) is 6.42 Å². The fraction of sp³-hybridized carbons (Fsp3) is 1.00. The number of unbranched alkanes of at least 4 members (excludes halogenated alkanes) is 10. The van der Waals surface area contributed by atoms with Crippen molar-refractivity contribution in [3.05, 3.63) is 0 Å². The zero-order chi connectivity index (χ0) is 22.2. The van der Waals surface area contributed by atoms with E-state index >= 15 is 0 Å². The summed E-state index contributed by atoms with van der Waals surface area (Å²) in [6, 6.07) is 0.150. The highest BCUT2D eigenvalue weighted by molar-refractivity contribution is 6.56. The van der Waals surface area contributed by atoms with Crippen LogP contribution >= 0.6 is 0 Å². The Morgan fingerprint density at radius 2 is 0.774 bits per heavy atom. The average Bonchev–Trinajstić information content (AvgIpc) is 2.59. The number of nitrogens with zero attached hydrogens (tertiary/aromatic N) is 2. The Bertz CT molecular complexity index is 396. The van der Waals surface area contributed by atoms with E-state index < -0.39 is 8.80 Å². The fourth-order valence-electron chi connectivity index (χ4n) is 4.07. The minimum Gasteiger partial charge on any atom is -1.00 e. The largest absolute Gasteiger partial charge is 1.00 e. The van der Waals surface area contributed by atoms with E-state index in [2.05, 4.69) is 35.1 Å². The lowest BCUT2D eigenvalue weighted by molar-refractivity contribution is -0.897. The van der Waals surface area contributed by atoms with E-state index in [9.17, 15) is 0 Å². The van der Waals surface area contributed by atoms with Gasteiger partial charge in [-0.25, -0.2) is 0 Å². The Balaban J connectivity index is -0.00000392. The number of quaternary nitrogens is 2. The molecule has 0 spiro atoms. The molecule has 31 heavy (non-hydrogen) atoms. The standard InChI is InChI=1S/C23H54N2O3Si.2ClH/c1-6-7-8-9-10-11-12-13-14-15-19-24(2,3)20-16-17-21-25(4,5)22-18-23-29(26,27)28;;/h26-28H,6-23H2,1-5H3;2*1H/q+2;;/p-2. The maximum absolute atomic E-state index is 9.13. The van der Waals surface area contributed by atoms with Crippen LogP contribution in [0.5, 0.6) is 0 Å². The third-order valence-corrected chi connectivity index (χ3v) is 7.19. The van der Waals surface area contributed by atoms with Gasteiger partial charge in [0.2, 0.25) is 0 Å². The molecule has 0 unspecified atom stereocenters. The Labute approximate surface area is 207 Å². The number of halogens is 2.